The molecule has 3 rings (SSSR count). The van der Waals surface area contributed by atoms with Gasteiger partial charge in [-0.15, -0.1) is 0 Å². The standard InChI is InChI=1S/C23H29N3O5S/c1-7-15-13-18-20(22(31-14(3)4)21(26(18)5)23(27)30-8-2)24-19(15)16-11-9-10-12-17(16)25-32(6,28)29/h9-14,25H,7-8H2,1-6H3. The van der Waals surface area contributed by atoms with Crippen LogP contribution in [0.4, 0.5) is 5.69 Å². The van der Waals surface area contributed by atoms with Crippen molar-refractivity contribution >= 4 is 32.7 Å². The van der Waals surface area contributed by atoms with Crippen LogP contribution in [-0.2, 0) is 28.2 Å². The first-order valence-electron chi connectivity index (χ1n) is 10.5. The predicted octanol–water partition coefficient (Wildman–Crippen LogP) is 4.14. The summed E-state index contributed by atoms with van der Waals surface area (Å²) in [6.45, 7) is 7.74. The molecule has 0 fully saturated rings. The van der Waals surface area contributed by atoms with Gasteiger partial charge >= 0.3 is 5.97 Å². The van der Waals surface area contributed by atoms with E-state index in [4.69, 9.17) is 14.5 Å². The second kappa shape index (κ2) is 9.20. The molecule has 3 aromatic rings. The van der Waals surface area contributed by atoms with Gasteiger partial charge in [0.05, 0.1) is 35.9 Å². The lowest BCUT2D eigenvalue weighted by atomic mass is 10.0. The smallest absolute Gasteiger partial charge is 0.358 e. The van der Waals surface area contributed by atoms with Crippen LogP contribution in [-0.4, -0.2) is 42.9 Å². The fourth-order valence-electron chi connectivity index (χ4n) is 3.61. The number of para-hydroxylation sites is 1. The van der Waals surface area contributed by atoms with Crippen LogP contribution in [0.3, 0.4) is 0 Å². The first kappa shape index (κ1) is 23.6. The van der Waals surface area contributed by atoms with Gasteiger partial charge in [-0.05, 0) is 44.9 Å². The van der Waals surface area contributed by atoms with Crippen LogP contribution in [0.2, 0.25) is 0 Å². The minimum Gasteiger partial charge on any atom is -0.486 e. The van der Waals surface area contributed by atoms with E-state index in [1.807, 2.05) is 39.0 Å². The Morgan fingerprint density at radius 1 is 1.22 bits per heavy atom. The number of anilines is 1. The zero-order chi connectivity index (χ0) is 23.6. The number of carbonyl (C=O) groups excluding carboxylic acids is 1. The van der Waals surface area contributed by atoms with Gasteiger partial charge in [-0.25, -0.2) is 18.2 Å². The number of carbonyl (C=O) groups is 1. The number of hydrogen-bond acceptors (Lipinski definition) is 6. The largest absolute Gasteiger partial charge is 0.486 e. The molecule has 8 nitrogen and oxygen atoms in total. The van der Waals surface area contributed by atoms with Crippen molar-refractivity contribution in [2.24, 2.45) is 7.05 Å². The van der Waals surface area contributed by atoms with Crippen LogP contribution >= 0.6 is 0 Å². The number of hydrogen-bond donors (Lipinski definition) is 1. The number of ether oxygens (including phenoxy) is 2. The van der Waals surface area contributed by atoms with Crippen LogP contribution in [0.15, 0.2) is 30.3 Å². The van der Waals surface area contributed by atoms with Crippen LogP contribution in [0.25, 0.3) is 22.3 Å². The third kappa shape index (κ3) is 4.72. The number of nitrogens with one attached hydrogen (secondary N) is 1. The van der Waals surface area contributed by atoms with E-state index in [2.05, 4.69) is 4.72 Å². The fraction of sp³-hybridized carbons (Fsp3) is 0.391. The molecule has 172 valence electrons. The Morgan fingerprint density at radius 2 is 1.91 bits per heavy atom. The molecule has 0 amide bonds. The van der Waals surface area contributed by atoms with Crippen molar-refractivity contribution in [1.82, 2.24) is 9.55 Å². The molecule has 0 atom stereocenters. The average molecular weight is 460 g/mol. The Morgan fingerprint density at radius 3 is 2.50 bits per heavy atom. The van der Waals surface area contributed by atoms with Gasteiger partial charge in [0, 0.05) is 12.6 Å². The monoisotopic (exact) mass is 459 g/mol. The highest BCUT2D eigenvalue weighted by atomic mass is 32.2. The Balaban J connectivity index is 2.34. The molecule has 0 bridgehead atoms. The van der Waals surface area contributed by atoms with Crippen molar-refractivity contribution in [2.75, 3.05) is 17.6 Å². The Hall–Kier alpha value is -3.07. The van der Waals surface area contributed by atoms with E-state index in [1.165, 1.54) is 0 Å². The quantitative estimate of drug-likeness (QED) is 0.508. The second-order valence-electron chi connectivity index (χ2n) is 7.76. The topological polar surface area (TPSA) is 99.5 Å². The summed E-state index contributed by atoms with van der Waals surface area (Å²) in [6.07, 6.45) is 1.58. The highest BCUT2D eigenvalue weighted by Crippen LogP contribution is 2.38. The number of nitrogens with zero attached hydrogens (tertiary/aromatic N) is 2. The Kier molecular flexibility index (Phi) is 6.78. The average Bonchev–Trinajstić information content (AvgIpc) is 2.97. The molecule has 0 saturated heterocycles. The summed E-state index contributed by atoms with van der Waals surface area (Å²) in [4.78, 5) is 17.6. The van der Waals surface area contributed by atoms with E-state index in [-0.39, 0.29) is 12.7 Å². The van der Waals surface area contributed by atoms with E-state index in [9.17, 15) is 13.2 Å². The van der Waals surface area contributed by atoms with Crippen LogP contribution in [0.1, 0.15) is 43.7 Å². The molecular weight excluding hydrogens is 430 g/mol. The molecular formula is C23H29N3O5S. The highest BCUT2D eigenvalue weighted by molar-refractivity contribution is 7.92. The van der Waals surface area contributed by atoms with Crippen LogP contribution in [0, 0.1) is 0 Å². The molecule has 0 radical (unpaired) electrons. The third-order valence-electron chi connectivity index (χ3n) is 4.89. The van der Waals surface area contributed by atoms with Gasteiger partial charge in [0.2, 0.25) is 10.0 Å². The number of aromatic nitrogens is 2. The number of benzene rings is 1. The van der Waals surface area contributed by atoms with E-state index in [0.717, 1.165) is 17.3 Å². The number of sulfonamides is 1. The summed E-state index contributed by atoms with van der Waals surface area (Å²) >= 11 is 0. The predicted molar refractivity (Wildman–Crippen MR) is 126 cm³/mol. The molecule has 32 heavy (non-hydrogen) atoms. The van der Waals surface area contributed by atoms with E-state index >= 15 is 0 Å². The number of aryl methyl sites for hydroxylation is 2. The first-order chi connectivity index (χ1) is 15.1. The van der Waals surface area contributed by atoms with Crippen molar-refractivity contribution in [2.45, 2.75) is 40.2 Å². The summed E-state index contributed by atoms with van der Waals surface area (Å²) in [5.41, 5.74) is 4.17. The summed E-state index contributed by atoms with van der Waals surface area (Å²) in [5.74, 6) is -0.129. The maximum atomic E-state index is 12.7. The van der Waals surface area contributed by atoms with Gasteiger partial charge in [-0.3, -0.25) is 4.72 Å². The molecule has 0 aliphatic carbocycles. The summed E-state index contributed by atoms with van der Waals surface area (Å²) in [6, 6.07) is 9.07. The molecule has 2 heterocycles. The maximum absolute atomic E-state index is 12.7. The minimum absolute atomic E-state index is 0.191. The van der Waals surface area contributed by atoms with Crippen molar-refractivity contribution in [3.63, 3.8) is 0 Å². The molecule has 0 saturated carbocycles. The normalized spacial score (nSPS) is 11.7. The van der Waals surface area contributed by atoms with Gasteiger partial charge in [-0.1, -0.05) is 25.1 Å². The lowest BCUT2D eigenvalue weighted by molar-refractivity contribution is 0.0509. The van der Waals surface area contributed by atoms with E-state index < -0.39 is 16.0 Å². The number of fused-ring (bicyclic) bond motifs is 1. The summed E-state index contributed by atoms with van der Waals surface area (Å²) in [5, 5.41) is 0. The molecule has 9 heteroatoms. The number of rotatable bonds is 8. The molecule has 1 N–H and O–H groups in total. The molecule has 1 aromatic carbocycles. The Labute approximate surface area is 188 Å². The van der Waals surface area contributed by atoms with Gasteiger partial charge in [-0.2, -0.15) is 0 Å². The number of esters is 1. The third-order valence-corrected chi connectivity index (χ3v) is 5.48. The fourth-order valence-corrected chi connectivity index (χ4v) is 4.19. The van der Waals surface area contributed by atoms with Crippen LogP contribution < -0.4 is 9.46 Å². The molecule has 0 spiro atoms. The van der Waals surface area contributed by atoms with Crippen molar-refractivity contribution < 1.29 is 22.7 Å². The minimum atomic E-state index is -3.48. The van der Waals surface area contributed by atoms with Gasteiger partial charge in [0.15, 0.2) is 11.4 Å². The molecule has 2 aromatic heterocycles. The molecule has 0 aliphatic rings. The van der Waals surface area contributed by atoms with Crippen molar-refractivity contribution in [3.8, 4) is 17.0 Å². The summed E-state index contributed by atoms with van der Waals surface area (Å²) < 4.78 is 39.4. The van der Waals surface area contributed by atoms with E-state index in [1.54, 1.807) is 30.7 Å². The zero-order valence-electron chi connectivity index (χ0n) is 19.2. The zero-order valence-corrected chi connectivity index (χ0v) is 20.0. The molecule has 0 aliphatic heterocycles. The van der Waals surface area contributed by atoms with Crippen molar-refractivity contribution in [3.05, 3.63) is 41.6 Å². The van der Waals surface area contributed by atoms with Gasteiger partial charge in [0.1, 0.15) is 5.52 Å². The first-order valence-corrected chi connectivity index (χ1v) is 12.4. The number of pyridine rings is 1. The second-order valence-corrected chi connectivity index (χ2v) is 9.51. The van der Waals surface area contributed by atoms with Crippen molar-refractivity contribution in [1.29, 1.82) is 0 Å². The maximum Gasteiger partial charge on any atom is 0.358 e. The lowest BCUT2D eigenvalue weighted by Crippen LogP contribution is -2.14. The Bertz CT molecular complexity index is 1260. The SMILES string of the molecule is CCOC(=O)c1c(OC(C)C)c2nc(-c3ccccc3NS(C)(=O)=O)c(CC)cc2n1C. The van der Waals surface area contributed by atoms with Crippen LogP contribution in [0.5, 0.6) is 5.75 Å². The lowest BCUT2D eigenvalue weighted by Gasteiger charge is -2.14. The van der Waals surface area contributed by atoms with Gasteiger partial charge < -0.3 is 14.0 Å². The van der Waals surface area contributed by atoms with E-state index in [0.29, 0.717) is 40.3 Å². The highest BCUT2D eigenvalue weighted by Gasteiger charge is 2.27. The summed E-state index contributed by atoms with van der Waals surface area (Å²) in [7, 11) is -1.70. The molecule has 0 unspecified atom stereocenters. The van der Waals surface area contributed by atoms with Gasteiger partial charge in [0.25, 0.3) is 0 Å².